The van der Waals surface area contributed by atoms with Crippen LogP contribution in [0.4, 0.5) is 0 Å². The van der Waals surface area contributed by atoms with Crippen molar-refractivity contribution in [3.8, 4) is 0 Å². The number of hydrogen-bond donors (Lipinski definition) is 1. The summed E-state index contributed by atoms with van der Waals surface area (Å²) in [5.41, 5.74) is 8.12. The Labute approximate surface area is 396 Å². The summed E-state index contributed by atoms with van der Waals surface area (Å²) in [5.74, 6) is 16.3. The Morgan fingerprint density at radius 3 is 1.44 bits per heavy atom. The van der Waals surface area contributed by atoms with Gasteiger partial charge in [0.25, 0.3) is 0 Å². The second-order valence-electron chi connectivity index (χ2n) is 10.5. The van der Waals surface area contributed by atoms with E-state index in [1.807, 2.05) is 132 Å². The van der Waals surface area contributed by atoms with E-state index in [1.165, 1.54) is 109 Å². The topological polar surface area (TPSA) is 72.8 Å². The molecule has 5 saturated heterocycles. The van der Waals surface area contributed by atoms with Crippen LogP contribution in [0.15, 0.2) is 104 Å². The van der Waals surface area contributed by atoms with Crippen LogP contribution in [0, 0.1) is 0 Å². The van der Waals surface area contributed by atoms with Crippen molar-refractivity contribution in [1.29, 1.82) is 0 Å². The molecule has 19 heteroatoms. The van der Waals surface area contributed by atoms with Crippen molar-refractivity contribution in [1.82, 2.24) is 25.5 Å². The molecule has 0 bridgehead atoms. The third kappa shape index (κ3) is 39.0. The van der Waals surface area contributed by atoms with Gasteiger partial charge in [0.2, 0.25) is 0 Å². The van der Waals surface area contributed by atoms with E-state index in [-0.39, 0.29) is 0 Å². The van der Waals surface area contributed by atoms with Crippen molar-refractivity contribution in [3.05, 3.63) is 104 Å². The summed E-state index contributed by atoms with van der Waals surface area (Å²) in [6.45, 7) is 1.93. The number of nitrogens with one attached hydrogen (secondary N) is 1. The van der Waals surface area contributed by atoms with Gasteiger partial charge in [-0.05, 0) is 64.5 Å². The van der Waals surface area contributed by atoms with E-state index in [4.69, 9.17) is 4.74 Å². The van der Waals surface area contributed by atoms with Crippen LogP contribution in [-0.2, 0) is 4.74 Å². The Morgan fingerprint density at radius 2 is 1.14 bits per heavy atom. The fraction of sp³-hybridized carbons (Fsp3) is 0.474. The fourth-order valence-electron chi connectivity index (χ4n) is 3.58. The number of thioether (sulfide) groups is 7. The second kappa shape index (κ2) is 45.9. The molecule has 1 aromatic carbocycles. The number of nitrogens with zero attached hydrogens (tertiary/aromatic N) is 4. The average Bonchev–Trinajstić information content (AvgIpc) is 4.18. The highest BCUT2D eigenvalue weighted by Crippen LogP contribution is 2.29. The monoisotopic (exact) mass is 1010 g/mol. The molecular weight excluding hydrogens is 959 g/mol. The van der Waals surface area contributed by atoms with Gasteiger partial charge < -0.3 is 10.1 Å². The largest absolute Gasteiger partial charge is 0.380 e. The maximum atomic E-state index is 5.05. The first-order chi connectivity index (χ1) is 28.5. The number of benzene rings is 1. The summed E-state index contributed by atoms with van der Waals surface area (Å²) >= 11 is 20.4. The average molecular weight is 1010 g/mol. The van der Waals surface area contributed by atoms with Gasteiger partial charge in [-0.2, -0.15) is 81.9 Å². The molecule has 4 aromatic heterocycles. The third-order valence-corrected chi connectivity index (χ3v) is 18.9. The number of para-hydroxylation sites is 1. The summed E-state index contributed by atoms with van der Waals surface area (Å²) in [6, 6.07) is 12.2. The third-order valence-electron chi connectivity index (χ3n) is 6.17. The first-order valence-electron chi connectivity index (χ1n) is 18.2. The van der Waals surface area contributed by atoms with Gasteiger partial charge in [0.15, 0.2) is 0 Å². The van der Waals surface area contributed by atoms with Crippen molar-refractivity contribution in [2.24, 2.45) is 0 Å². The van der Waals surface area contributed by atoms with Gasteiger partial charge >= 0.3 is 0 Å². The molecule has 0 amide bonds. The zero-order chi connectivity index (χ0) is 40.0. The number of hydrogen-bond acceptors (Lipinski definition) is 19. The van der Waals surface area contributed by atoms with Crippen LogP contribution < -0.4 is 5.32 Å². The number of ether oxygens (including phenoxy) is 1. The number of fused-ring (bicyclic) bond motifs is 1. The van der Waals surface area contributed by atoms with Crippen LogP contribution in [0.1, 0.15) is 19.3 Å². The molecule has 0 saturated carbocycles. The molecule has 57 heavy (non-hydrogen) atoms. The van der Waals surface area contributed by atoms with Crippen LogP contribution in [0.5, 0.6) is 0 Å². The molecule has 6 nitrogen and oxygen atoms in total. The van der Waals surface area contributed by atoms with Crippen molar-refractivity contribution < 1.29 is 4.74 Å². The minimum Gasteiger partial charge on any atom is -0.380 e. The van der Waals surface area contributed by atoms with Crippen molar-refractivity contribution in [2.75, 3.05) is 87.3 Å². The highest BCUT2D eigenvalue weighted by molar-refractivity contribution is 8.77. The van der Waals surface area contributed by atoms with Gasteiger partial charge in [0.1, 0.15) is 11.0 Å². The summed E-state index contributed by atoms with van der Waals surface area (Å²) in [6.07, 6.45) is 9.91. The van der Waals surface area contributed by atoms with E-state index in [1.54, 1.807) is 68.5 Å². The van der Waals surface area contributed by atoms with Crippen LogP contribution in [-0.4, -0.2) is 107 Å². The first kappa shape index (κ1) is 53.5. The highest BCUT2D eigenvalue weighted by atomic mass is 33.1. The quantitative estimate of drug-likeness (QED) is 0.150. The molecule has 316 valence electrons. The van der Waals surface area contributed by atoms with Gasteiger partial charge in [-0.3, -0.25) is 4.98 Å². The lowest BCUT2D eigenvalue weighted by atomic mass is 10.3. The van der Waals surface area contributed by atoms with Crippen molar-refractivity contribution in [3.63, 3.8) is 0 Å². The normalized spacial score (nSPS) is 16.9. The predicted octanol–water partition coefficient (Wildman–Crippen LogP) is 13.9. The maximum Gasteiger partial charge on any atom is 0.103 e. The van der Waals surface area contributed by atoms with E-state index in [0.29, 0.717) is 0 Å². The number of aromatic nitrogens is 4. The summed E-state index contributed by atoms with van der Waals surface area (Å²) in [5, 5.41) is 21.2. The van der Waals surface area contributed by atoms with Crippen molar-refractivity contribution in [2.45, 2.75) is 19.3 Å². The maximum absolute atomic E-state index is 5.05. The summed E-state index contributed by atoms with van der Waals surface area (Å²) < 4.78 is 6.31. The smallest absolute Gasteiger partial charge is 0.103 e. The van der Waals surface area contributed by atoms with E-state index in [0.717, 1.165) is 18.7 Å². The Bertz CT molecular complexity index is 1210. The van der Waals surface area contributed by atoms with Gasteiger partial charge in [0.05, 0.1) is 34.5 Å². The molecule has 10 heterocycles. The predicted molar refractivity (Wildman–Crippen MR) is 284 cm³/mol. The molecule has 0 aliphatic carbocycles. The molecule has 11 rings (SSSR count). The van der Waals surface area contributed by atoms with E-state index in [9.17, 15) is 0 Å². The molecule has 0 spiro atoms. The summed E-state index contributed by atoms with van der Waals surface area (Å²) in [7, 11) is 3.98. The SMILES string of the molecule is C1=CSC=CN1.C1CCSC1.C1CSCCO1.C1CSCCS1.C1CSCS1.C1CSSC1.c1ccc2scnc2c1.c1ccsc1.c1cscn1.c1nncs1. The van der Waals surface area contributed by atoms with Gasteiger partial charge in [-0.15, -0.1) is 56.0 Å². The van der Waals surface area contributed by atoms with Crippen LogP contribution in [0.3, 0.4) is 0 Å². The highest BCUT2D eigenvalue weighted by Gasteiger charge is 1.98. The zero-order valence-corrected chi connectivity index (χ0v) is 42.7. The minimum absolute atomic E-state index is 0.963. The Kier molecular flexibility index (Phi) is 43.1. The van der Waals surface area contributed by atoms with Gasteiger partial charge in [-0.25, -0.2) is 4.98 Å². The lowest BCUT2D eigenvalue weighted by Crippen LogP contribution is -2.08. The van der Waals surface area contributed by atoms with Crippen molar-refractivity contribution >= 4 is 159 Å². The van der Waals surface area contributed by atoms with Crippen LogP contribution in [0.2, 0.25) is 0 Å². The lowest BCUT2D eigenvalue weighted by molar-refractivity contribution is 0.161. The second-order valence-corrected chi connectivity index (χ2v) is 24.6. The number of thiophene rings is 1. The molecule has 0 unspecified atom stereocenters. The number of thiazole rings is 2. The van der Waals surface area contributed by atoms with E-state index >= 15 is 0 Å². The zero-order valence-electron chi connectivity index (χ0n) is 32.1. The molecule has 0 radical (unpaired) electrons. The van der Waals surface area contributed by atoms with Crippen LogP contribution in [0.25, 0.3) is 10.2 Å². The Morgan fingerprint density at radius 1 is 0.526 bits per heavy atom. The van der Waals surface area contributed by atoms with Crippen LogP contribution >= 0.6 is 149 Å². The Hall–Kier alpha value is 0.390. The fourth-order valence-corrected chi connectivity index (χ4v) is 14.4. The molecule has 5 fully saturated rings. The number of rotatable bonds is 0. The molecule has 6 aliphatic heterocycles. The van der Waals surface area contributed by atoms with Gasteiger partial charge in [-0.1, -0.05) is 45.9 Å². The van der Waals surface area contributed by atoms with E-state index in [2.05, 4.69) is 66.8 Å². The standard InChI is InChI=1S/C7H5NS.C4H5NS.C4H8OS.C4H8S2.C4H8S.C4H4S.C3H3NS.2C3H6S2.C2H2N2S/c1-2-4-7-6(3-1)8-5-9-7;2*1-3-6-4-2-5-1;1-2-6-4-3-5-1;2*1-2-4-5-3-1;2*1-2-5-3-4-1;1-2-4-5-3-1;1-3-4-2-5-1/h1-5H;1-5H;2*1-4H2;1-4H2;1-4H;1-3H;2*1-3H2;1-2H. The molecule has 6 aliphatic rings. The Balaban J connectivity index is 0.000000220. The molecular formula is C38H55N5OS13. The van der Waals surface area contributed by atoms with E-state index < -0.39 is 0 Å². The molecule has 0 atom stereocenters. The first-order valence-corrected chi connectivity index (χ1v) is 32.3. The lowest BCUT2D eigenvalue weighted by Gasteiger charge is -2.07. The minimum atomic E-state index is 0.963. The summed E-state index contributed by atoms with van der Waals surface area (Å²) in [4.78, 5) is 7.88. The van der Waals surface area contributed by atoms with Gasteiger partial charge in [0, 0.05) is 86.6 Å². The molecule has 1 N–H and O–H groups in total. The molecule has 5 aromatic rings.